The molecule has 0 aliphatic rings. The van der Waals surface area contributed by atoms with Gasteiger partial charge in [-0.3, -0.25) is 4.79 Å². The number of thioether (sulfide) groups is 1. The quantitative estimate of drug-likeness (QED) is 0.0707. The number of ether oxygens (including phenoxy) is 1. The summed E-state index contributed by atoms with van der Waals surface area (Å²) in [6, 6.07) is 0. The molecule has 0 bridgehead atoms. The molecule has 0 atom stereocenters. The largest absolute Gasteiger partial charge is 0.466 e. The van der Waals surface area contributed by atoms with Crippen molar-refractivity contribution >= 4 is 17.7 Å². The van der Waals surface area contributed by atoms with Crippen LogP contribution in [0.5, 0.6) is 0 Å². The Morgan fingerprint density at radius 2 is 0.800 bits per heavy atom. The maximum absolute atomic E-state index is 11.9. The van der Waals surface area contributed by atoms with Crippen LogP contribution in [0.15, 0.2) is 0 Å². The van der Waals surface area contributed by atoms with Gasteiger partial charge in [0, 0.05) is 5.75 Å². The lowest BCUT2D eigenvalue weighted by atomic mass is 10.1. The third-order valence-electron chi connectivity index (χ3n) is 7.10. The van der Waals surface area contributed by atoms with Crippen LogP contribution in [0.1, 0.15) is 181 Å². The van der Waals surface area contributed by atoms with Gasteiger partial charge in [0.05, 0.1) is 13.0 Å². The average Bonchev–Trinajstić information content (AvgIpc) is 2.86. The zero-order chi connectivity index (χ0) is 25.5. The molecular weight excluding hydrogens is 448 g/mol. The minimum Gasteiger partial charge on any atom is -0.466 e. The van der Waals surface area contributed by atoms with Crippen molar-refractivity contribution in [1.82, 2.24) is 0 Å². The van der Waals surface area contributed by atoms with Gasteiger partial charge >= 0.3 is 5.97 Å². The van der Waals surface area contributed by atoms with Crippen molar-refractivity contribution in [3.8, 4) is 0 Å². The van der Waals surface area contributed by atoms with Gasteiger partial charge in [-0.05, 0) is 18.6 Å². The normalized spacial score (nSPS) is 11.3. The van der Waals surface area contributed by atoms with Crippen molar-refractivity contribution in [2.24, 2.45) is 0 Å². The van der Waals surface area contributed by atoms with Gasteiger partial charge in [0.2, 0.25) is 0 Å². The van der Waals surface area contributed by atoms with Gasteiger partial charge in [-0.2, -0.15) is 11.8 Å². The Morgan fingerprint density at radius 3 is 1.20 bits per heavy atom. The van der Waals surface area contributed by atoms with Crippen LogP contribution in [-0.4, -0.2) is 24.1 Å². The molecule has 0 saturated heterocycles. The van der Waals surface area contributed by atoms with Crippen molar-refractivity contribution in [2.45, 2.75) is 181 Å². The first-order valence-electron chi connectivity index (χ1n) is 16.0. The van der Waals surface area contributed by atoms with Gasteiger partial charge in [-0.25, -0.2) is 0 Å². The summed E-state index contributed by atoms with van der Waals surface area (Å²) in [6.07, 6.45) is 35.0. The number of rotatable bonds is 30. The van der Waals surface area contributed by atoms with E-state index in [2.05, 4.69) is 13.8 Å². The molecular formula is C32H64O2S. The molecule has 0 heterocycles. The second kappa shape index (κ2) is 31.8. The molecule has 3 heteroatoms. The van der Waals surface area contributed by atoms with Crippen molar-refractivity contribution in [3.63, 3.8) is 0 Å². The number of carbonyl (C=O) groups excluding carboxylic acids is 1. The van der Waals surface area contributed by atoms with Crippen LogP contribution in [0.3, 0.4) is 0 Å². The molecule has 0 saturated carbocycles. The molecule has 0 N–H and O–H groups in total. The van der Waals surface area contributed by atoms with Crippen molar-refractivity contribution in [2.75, 3.05) is 18.1 Å². The number of carbonyl (C=O) groups is 1. The molecule has 0 fully saturated rings. The van der Waals surface area contributed by atoms with Gasteiger partial charge in [-0.1, -0.05) is 162 Å². The molecule has 0 rings (SSSR count). The third-order valence-corrected chi connectivity index (χ3v) is 8.17. The first kappa shape index (κ1) is 34.8. The van der Waals surface area contributed by atoms with E-state index in [0.29, 0.717) is 13.0 Å². The summed E-state index contributed by atoms with van der Waals surface area (Å²) >= 11 is 1.93. The predicted molar refractivity (Wildman–Crippen MR) is 160 cm³/mol. The van der Waals surface area contributed by atoms with Crippen LogP contribution in [0.4, 0.5) is 0 Å². The van der Waals surface area contributed by atoms with E-state index in [1.807, 2.05) is 11.8 Å². The van der Waals surface area contributed by atoms with E-state index in [4.69, 9.17) is 4.74 Å². The fourth-order valence-corrected chi connectivity index (χ4v) is 5.60. The summed E-state index contributed by atoms with van der Waals surface area (Å²) in [5, 5.41) is 0. The lowest BCUT2D eigenvalue weighted by Crippen LogP contribution is -2.07. The zero-order valence-corrected chi connectivity index (χ0v) is 25.0. The van der Waals surface area contributed by atoms with Crippen LogP contribution >= 0.6 is 11.8 Å². The van der Waals surface area contributed by atoms with E-state index in [-0.39, 0.29) is 5.97 Å². The molecule has 35 heavy (non-hydrogen) atoms. The van der Waals surface area contributed by atoms with E-state index in [0.717, 1.165) is 12.2 Å². The highest BCUT2D eigenvalue weighted by molar-refractivity contribution is 7.99. The first-order valence-corrected chi connectivity index (χ1v) is 17.2. The number of esters is 1. The molecule has 2 nitrogen and oxygen atoms in total. The second-order valence-electron chi connectivity index (χ2n) is 10.7. The van der Waals surface area contributed by atoms with Gasteiger partial charge in [0.15, 0.2) is 0 Å². The summed E-state index contributed by atoms with van der Waals surface area (Å²) in [6.45, 7) is 5.19. The zero-order valence-electron chi connectivity index (χ0n) is 24.2. The van der Waals surface area contributed by atoms with E-state index in [9.17, 15) is 4.79 Å². The number of unbranched alkanes of at least 4 members (excludes halogenated alkanes) is 23. The average molecular weight is 513 g/mol. The molecule has 0 spiro atoms. The SMILES string of the molecule is CCCCCCCCCCCCCCCSCCC(=O)OCCCCCCCCCCCCCC. The summed E-state index contributed by atoms with van der Waals surface area (Å²) in [4.78, 5) is 11.9. The van der Waals surface area contributed by atoms with Gasteiger partial charge in [0.25, 0.3) is 0 Å². The summed E-state index contributed by atoms with van der Waals surface area (Å²) in [7, 11) is 0. The maximum atomic E-state index is 11.9. The fraction of sp³-hybridized carbons (Fsp3) is 0.969. The highest BCUT2D eigenvalue weighted by Gasteiger charge is 2.03. The molecule has 0 radical (unpaired) electrons. The van der Waals surface area contributed by atoms with Crippen LogP contribution in [-0.2, 0) is 9.53 Å². The standard InChI is InChI=1S/C32H64O2S/c1-3-5-7-9-11-13-15-17-19-21-23-25-27-30-35-31-28-32(33)34-29-26-24-22-20-18-16-14-12-10-8-6-4-2/h3-31H2,1-2H3. The Balaban J connectivity index is 3.14. The van der Waals surface area contributed by atoms with Crippen molar-refractivity contribution < 1.29 is 9.53 Å². The Hall–Kier alpha value is -0.180. The van der Waals surface area contributed by atoms with E-state index < -0.39 is 0 Å². The monoisotopic (exact) mass is 512 g/mol. The minimum absolute atomic E-state index is 0.00550. The minimum atomic E-state index is 0.00550. The van der Waals surface area contributed by atoms with E-state index in [1.165, 1.54) is 160 Å². The highest BCUT2D eigenvalue weighted by Crippen LogP contribution is 2.15. The van der Waals surface area contributed by atoms with Crippen LogP contribution in [0, 0.1) is 0 Å². The fourth-order valence-electron chi connectivity index (χ4n) is 4.68. The molecule has 0 aromatic heterocycles. The Kier molecular flexibility index (Phi) is 31.7. The van der Waals surface area contributed by atoms with E-state index in [1.54, 1.807) is 0 Å². The number of hydrogen-bond acceptors (Lipinski definition) is 3. The Bertz CT molecular complexity index is 399. The Morgan fingerprint density at radius 1 is 0.457 bits per heavy atom. The molecule has 0 unspecified atom stereocenters. The third kappa shape index (κ3) is 31.8. The lowest BCUT2D eigenvalue weighted by molar-refractivity contribution is -0.143. The highest BCUT2D eigenvalue weighted by atomic mass is 32.2. The smallest absolute Gasteiger partial charge is 0.306 e. The Labute approximate surface area is 225 Å². The van der Waals surface area contributed by atoms with Crippen LogP contribution in [0.25, 0.3) is 0 Å². The number of hydrogen-bond donors (Lipinski definition) is 0. The van der Waals surface area contributed by atoms with Crippen LogP contribution < -0.4 is 0 Å². The second-order valence-corrected chi connectivity index (χ2v) is 11.9. The lowest BCUT2D eigenvalue weighted by Gasteiger charge is -2.06. The predicted octanol–water partition coefficient (Wildman–Crippen LogP) is 11.4. The summed E-state index contributed by atoms with van der Waals surface area (Å²) < 4.78 is 5.41. The van der Waals surface area contributed by atoms with Gasteiger partial charge < -0.3 is 4.74 Å². The molecule has 0 aromatic carbocycles. The van der Waals surface area contributed by atoms with Crippen molar-refractivity contribution in [1.29, 1.82) is 0 Å². The first-order chi connectivity index (χ1) is 17.3. The van der Waals surface area contributed by atoms with Crippen LogP contribution in [0.2, 0.25) is 0 Å². The van der Waals surface area contributed by atoms with Crippen molar-refractivity contribution in [3.05, 3.63) is 0 Å². The summed E-state index contributed by atoms with van der Waals surface area (Å²) in [5.74, 6) is 2.13. The molecule has 210 valence electrons. The molecule has 0 aliphatic heterocycles. The van der Waals surface area contributed by atoms with E-state index >= 15 is 0 Å². The molecule has 0 aromatic rings. The molecule has 0 amide bonds. The maximum Gasteiger partial charge on any atom is 0.306 e. The molecule has 0 aliphatic carbocycles. The van der Waals surface area contributed by atoms with Gasteiger partial charge in [-0.15, -0.1) is 0 Å². The summed E-state index contributed by atoms with van der Waals surface area (Å²) in [5.41, 5.74) is 0. The van der Waals surface area contributed by atoms with Gasteiger partial charge in [0.1, 0.15) is 0 Å². The topological polar surface area (TPSA) is 26.3 Å².